The molecule has 0 saturated heterocycles. The van der Waals surface area contributed by atoms with Gasteiger partial charge in [-0.25, -0.2) is 4.68 Å². The van der Waals surface area contributed by atoms with E-state index in [4.69, 9.17) is 11.6 Å². The number of hydrogen-bond donors (Lipinski definition) is 2. The Kier molecular flexibility index (Phi) is 4.71. The fourth-order valence-corrected chi connectivity index (χ4v) is 2.23. The maximum absolute atomic E-state index is 12.2. The molecule has 0 bridgehead atoms. The molecule has 0 aliphatic rings. The lowest BCUT2D eigenvalue weighted by Gasteiger charge is -2.08. The van der Waals surface area contributed by atoms with Crippen molar-refractivity contribution in [3.8, 4) is 0 Å². The fraction of sp³-hybridized carbons (Fsp3) is 0.0625. The first kappa shape index (κ1) is 16.6. The molecule has 0 unspecified atom stereocenters. The van der Waals surface area contributed by atoms with Crippen LogP contribution < -0.4 is 16.4 Å². The molecule has 3 aromatic rings. The lowest BCUT2D eigenvalue weighted by Crippen LogP contribution is -2.44. The van der Waals surface area contributed by atoms with Crippen molar-refractivity contribution in [1.82, 2.24) is 25.8 Å². The van der Waals surface area contributed by atoms with E-state index in [0.717, 1.165) is 4.68 Å². The van der Waals surface area contributed by atoms with Crippen LogP contribution in [0.5, 0.6) is 0 Å². The van der Waals surface area contributed by atoms with Gasteiger partial charge in [0, 0.05) is 10.6 Å². The molecular formula is C16H12ClN5O3. The van der Waals surface area contributed by atoms with Crippen molar-refractivity contribution < 1.29 is 9.59 Å². The molecule has 3 rings (SSSR count). The molecule has 0 fully saturated rings. The monoisotopic (exact) mass is 357 g/mol. The highest BCUT2D eigenvalue weighted by molar-refractivity contribution is 6.30. The summed E-state index contributed by atoms with van der Waals surface area (Å²) in [6.45, 7) is -0.377. The number of carbonyl (C=O) groups excluding carboxylic acids is 2. The minimum absolute atomic E-state index is 0.326. The van der Waals surface area contributed by atoms with Gasteiger partial charge in [-0.3, -0.25) is 25.2 Å². The number of aromatic nitrogens is 3. The SMILES string of the molecule is O=C(Cn1nnc2ccccc2c1=O)NNC(=O)c1ccc(Cl)cc1. The fourth-order valence-electron chi connectivity index (χ4n) is 2.10. The van der Waals surface area contributed by atoms with E-state index in [1.807, 2.05) is 0 Å². The molecule has 8 nitrogen and oxygen atoms in total. The Bertz CT molecular complexity index is 1000. The van der Waals surface area contributed by atoms with Gasteiger partial charge in [0.2, 0.25) is 0 Å². The zero-order valence-electron chi connectivity index (χ0n) is 12.8. The van der Waals surface area contributed by atoms with Gasteiger partial charge in [0.05, 0.1) is 5.39 Å². The normalized spacial score (nSPS) is 10.4. The molecule has 2 amide bonds. The van der Waals surface area contributed by atoms with Gasteiger partial charge in [-0.05, 0) is 36.4 Å². The van der Waals surface area contributed by atoms with E-state index < -0.39 is 17.4 Å². The Labute approximate surface area is 146 Å². The third-order valence-electron chi connectivity index (χ3n) is 3.34. The van der Waals surface area contributed by atoms with Crippen molar-refractivity contribution in [3.63, 3.8) is 0 Å². The molecule has 9 heteroatoms. The molecule has 1 heterocycles. The Morgan fingerprint density at radius 3 is 2.52 bits per heavy atom. The highest BCUT2D eigenvalue weighted by Crippen LogP contribution is 2.09. The molecule has 0 radical (unpaired) electrons. The molecule has 2 aromatic carbocycles. The summed E-state index contributed by atoms with van der Waals surface area (Å²) in [7, 11) is 0. The van der Waals surface area contributed by atoms with Gasteiger partial charge in [-0.15, -0.1) is 5.10 Å². The molecule has 0 spiro atoms. The van der Waals surface area contributed by atoms with E-state index in [0.29, 0.717) is 21.5 Å². The molecule has 0 aliphatic carbocycles. The van der Waals surface area contributed by atoms with Crippen LogP contribution in [0.4, 0.5) is 0 Å². The van der Waals surface area contributed by atoms with Gasteiger partial charge in [0.15, 0.2) is 0 Å². The van der Waals surface area contributed by atoms with Crippen LogP contribution in [0.15, 0.2) is 53.3 Å². The average Bonchev–Trinajstić information content (AvgIpc) is 2.63. The second-order valence-electron chi connectivity index (χ2n) is 5.08. The van der Waals surface area contributed by atoms with Crippen molar-refractivity contribution in [1.29, 1.82) is 0 Å². The number of hydrazine groups is 1. The van der Waals surface area contributed by atoms with E-state index in [1.165, 1.54) is 12.1 Å². The summed E-state index contributed by atoms with van der Waals surface area (Å²) < 4.78 is 0.923. The third kappa shape index (κ3) is 3.81. The van der Waals surface area contributed by atoms with Crippen molar-refractivity contribution in [2.75, 3.05) is 0 Å². The van der Waals surface area contributed by atoms with Crippen molar-refractivity contribution in [2.45, 2.75) is 6.54 Å². The van der Waals surface area contributed by atoms with Gasteiger partial charge < -0.3 is 0 Å². The van der Waals surface area contributed by atoms with Crippen molar-refractivity contribution in [3.05, 3.63) is 69.5 Å². The number of rotatable bonds is 3. The topological polar surface area (TPSA) is 106 Å². The number of amides is 2. The number of fused-ring (bicyclic) bond motifs is 1. The highest BCUT2D eigenvalue weighted by Gasteiger charge is 2.11. The van der Waals surface area contributed by atoms with Crippen LogP contribution in [0, 0.1) is 0 Å². The van der Waals surface area contributed by atoms with Crippen molar-refractivity contribution >= 4 is 34.3 Å². The minimum Gasteiger partial charge on any atom is -0.271 e. The first-order chi connectivity index (χ1) is 12.0. The zero-order valence-corrected chi connectivity index (χ0v) is 13.5. The summed E-state index contributed by atoms with van der Waals surface area (Å²) in [6.07, 6.45) is 0. The summed E-state index contributed by atoms with van der Waals surface area (Å²) in [5, 5.41) is 8.44. The molecule has 126 valence electrons. The number of nitrogens with zero attached hydrogens (tertiary/aromatic N) is 3. The molecule has 0 saturated carbocycles. The standard InChI is InChI=1S/C16H12ClN5O3/c17-11-7-5-10(6-8-11)15(24)20-19-14(23)9-22-16(25)12-3-1-2-4-13(12)18-21-22/h1-8H,9H2,(H,19,23)(H,20,24). The number of carbonyl (C=O) groups is 2. The van der Waals surface area contributed by atoms with E-state index in [9.17, 15) is 14.4 Å². The van der Waals surface area contributed by atoms with Crippen molar-refractivity contribution in [2.24, 2.45) is 0 Å². The second-order valence-corrected chi connectivity index (χ2v) is 5.52. The van der Waals surface area contributed by atoms with Gasteiger partial charge in [0.25, 0.3) is 17.4 Å². The number of nitrogens with one attached hydrogen (secondary N) is 2. The van der Waals surface area contributed by atoms with E-state index in [-0.39, 0.29) is 6.54 Å². The molecule has 0 aliphatic heterocycles. The molecular weight excluding hydrogens is 346 g/mol. The van der Waals surface area contributed by atoms with Gasteiger partial charge in [-0.1, -0.05) is 28.9 Å². The Morgan fingerprint density at radius 1 is 1.04 bits per heavy atom. The Balaban J connectivity index is 1.65. The van der Waals surface area contributed by atoms with Crippen LogP contribution in [-0.4, -0.2) is 26.8 Å². The molecule has 25 heavy (non-hydrogen) atoms. The summed E-state index contributed by atoms with van der Waals surface area (Å²) in [6, 6.07) is 12.8. The largest absolute Gasteiger partial charge is 0.278 e. The average molecular weight is 358 g/mol. The third-order valence-corrected chi connectivity index (χ3v) is 3.60. The zero-order chi connectivity index (χ0) is 17.8. The molecule has 1 aromatic heterocycles. The lowest BCUT2D eigenvalue weighted by atomic mass is 10.2. The predicted molar refractivity (Wildman–Crippen MR) is 90.9 cm³/mol. The maximum atomic E-state index is 12.2. The molecule has 2 N–H and O–H groups in total. The maximum Gasteiger partial charge on any atom is 0.278 e. The van der Waals surface area contributed by atoms with Crippen LogP contribution in [0.2, 0.25) is 5.02 Å². The van der Waals surface area contributed by atoms with Gasteiger partial charge >= 0.3 is 0 Å². The summed E-state index contributed by atoms with van der Waals surface area (Å²) in [5.41, 5.74) is 4.80. The Hall–Kier alpha value is -3.26. The number of benzene rings is 2. The summed E-state index contributed by atoms with van der Waals surface area (Å²) in [5.74, 6) is -1.13. The smallest absolute Gasteiger partial charge is 0.271 e. The van der Waals surface area contributed by atoms with Crippen LogP contribution in [0.25, 0.3) is 10.9 Å². The summed E-state index contributed by atoms with van der Waals surface area (Å²) in [4.78, 5) is 36.0. The van der Waals surface area contributed by atoms with Gasteiger partial charge in [-0.2, -0.15) is 0 Å². The lowest BCUT2D eigenvalue weighted by molar-refractivity contribution is -0.122. The van der Waals surface area contributed by atoms with E-state index in [1.54, 1.807) is 36.4 Å². The first-order valence-corrected chi connectivity index (χ1v) is 7.60. The predicted octanol–water partition coefficient (Wildman–Crippen LogP) is 0.906. The van der Waals surface area contributed by atoms with E-state index in [2.05, 4.69) is 21.2 Å². The van der Waals surface area contributed by atoms with E-state index >= 15 is 0 Å². The summed E-state index contributed by atoms with van der Waals surface area (Å²) >= 11 is 5.74. The quantitative estimate of drug-likeness (QED) is 0.678. The second kappa shape index (κ2) is 7.10. The Morgan fingerprint density at radius 2 is 1.76 bits per heavy atom. The van der Waals surface area contributed by atoms with Crippen LogP contribution in [0.3, 0.4) is 0 Å². The van der Waals surface area contributed by atoms with Crippen LogP contribution in [0.1, 0.15) is 10.4 Å². The van der Waals surface area contributed by atoms with Crippen LogP contribution in [-0.2, 0) is 11.3 Å². The molecule has 0 atom stereocenters. The van der Waals surface area contributed by atoms with Crippen LogP contribution >= 0.6 is 11.6 Å². The highest BCUT2D eigenvalue weighted by atomic mass is 35.5. The minimum atomic E-state index is -0.617. The first-order valence-electron chi connectivity index (χ1n) is 7.22. The number of halogens is 1. The van der Waals surface area contributed by atoms with Gasteiger partial charge in [0.1, 0.15) is 12.1 Å². The number of hydrogen-bond acceptors (Lipinski definition) is 5.